The summed E-state index contributed by atoms with van der Waals surface area (Å²) in [5.41, 5.74) is 8.17. The molecule has 0 radical (unpaired) electrons. The van der Waals surface area contributed by atoms with Gasteiger partial charge in [0.25, 0.3) is 0 Å². The maximum absolute atomic E-state index is 7.05. The van der Waals surface area contributed by atoms with Gasteiger partial charge >= 0.3 is 0 Å². The van der Waals surface area contributed by atoms with Crippen molar-refractivity contribution in [1.82, 2.24) is 0 Å². The van der Waals surface area contributed by atoms with Gasteiger partial charge in [0.2, 0.25) is 0 Å². The Hall–Kier alpha value is -1.70. The van der Waals surface area contributed by atoms with E-state index in [2.05, 4.69) is 23.3 Å². The lowest BCUT2D eigenvalue weighted by atomic mass is 10.0. The van der Waals surface area contributed by atoms with Crippen molar-refractivity contribution in [3.05, 3.63) is 48.0 Å². The quantitative estimate of drug-likeness (QED) is 0.686. The molecule has 70 valence electrons. The molecule has 1 atom stereocenters. The van der Waals surface area contributed by atoms with Gasteiger partial charge in [-0.3, -0.25) is 0 Å². The van der Waals surface area contributed by atoms with Gasteiger partial charge in [0, 0.05) is 0 Å². The molecule has 1 N–H and O–H groups in total. The highest BCUT2D eigenvalue weighted by atomic mass is 15.0. The molecule has 0 heterocycles. The molecule has 0 amide bonds. The molecule has 2 heteroatoms. The molecule has 0 fully saturated rings. The third-order valence-corrected chi connectivity index (χ3v) is 2.47. The molecular weight excluding hydrogens is 172 g/mol. The summed E-state index contributed by atoms with van der Waals surface area (Å²) in [6.07, 6.45) is 0. The van der Waals surface area contributed by atoms with Crippen LogP contribution < -0.4 is 0 Å². The SMILES string of the molecule is CC(N=N)c1cccc2ccccc12. The fourth-order valence-electron chi connectivity index (χ4n) is 1.68. The van der Waals surface area contributed by atoms with E-state index in [1.165, 1.54) is 10.8 Å². The zero-order chi connectivity index (χ0) is 9.97. The van der Waals surface area contributed by atoms with Crippen molar-refractivity contribution in [2.45, 2.75) is 13.0 Å². The van der Waals surface area contributed by atoms with E-state index in [1.54, 1.807) is 0 Å². The van der Waals surface area contributed by atoms with Gasteiger partial charge in [0.15, 0.2) is 0 Å². The zero-order valence-electron chi connectivity index (χ0n) is 8.07. The highest BCUT2D eigenvalue weighted by molar-refractivity contribution is 5.86. The van der Waals surface area contributed by atoms with Gasteiger partial charge < -0.3 is 0 Å². The first-order chi connectivity index (χ1) is 6.83. The summed E-state index contributed by atoms with van der Waals surface area (Å²) >= 11 is 0. The smallest absolute Gasteiger partial charge is 0.0933 e. The molecule has 0 saturated heterocycles. The first kappa shape index (κ1) is 8.88. The minimum atomic E-state index is -0.0545. The number of hydrogen-bond acceptors (Lipinski definition) is 2. The van der Waals surface area contributed by atoms with Gasteiger partial charge in [-0.1, -0.05) is 42.5 Å². The Kier molecular flexibility index (Phi) is 2.27. The Morgan fingerprint density at radius 2 is 1.79 bits per heavy atom. The molecule has 14 heavy (non-hydrogen) atoms. The molecule has 0 spiro atoms. The maximum atomic E-state index is 7.05. The van der Waals surface area contributed by atoms with E-state index in [0.717, 1.165) is 5.56 Å². The second kappa shape index (κ2) is 3.58. The van der Waals surface area contributed by atoms with Crippen LogP contribution in [0.4, 0.5) is 0 Å². The van der Waals surface area contributed by atoms with E-state index >= 15 is 0 Å². The van der Waals surface area contributed by atoms with Crippen LogP contribution in [0.2, 0.25) is 0 Å². The molecule has 0 aliphatic rings. The molecule has 0 aliphatic heterocycles. The predicted octanol–water partition coefficient (Wildman–Crippen LogP) is 3.93. The van der Waals surface area contributed by atoms with Crippen LogP contribution in [0, 0.1) is 5.53 Å². The summed E-state index contributed by atoms with van der Waals surface area (Å²) in [5, 5.41) is 5.96. The highest BCUT2D eigenvalue weighted by Gasteiger charge is 2.06. The summed E-state index contributed by atoms with van der Waals surface area (Å²) < 4.78 is 0. The minimum absolute atomic E-state index is 0.0545. The van der Waals surface area contributed by atoms with E-state index in [4.69, 9.17) is 5.53 Å². The van der Waals surface area contributed by atoms with Crippen molar-refractivity contribution in [3.8, 4) is 0 Å². The van der Waals surface area contributed by atoms with E-state index in [-0.39, 0.29) is 6.04 Å². The minimum Gasteiger partial charge on any atom is -0.209 e. The Morgan fingerprint density at radius 1 is 1.07 bits per heavy atom. The molecule has 0 saturated carbocycles. The van der Waals surface area contributed by atoms with Crippen molar-refractivity contribution >= 4 is 10.8 Å². The normalized spacial score (nSPS) is 12.6. The first-order valence-electron chi connectivity index (χ1n) is 4.67. The lowest BCUT2D eigenvalue weighted by Gasteiger charge is -2.08. The van der Waals surface area contributed by atoms with Crippen LogP contribution in [0.25, 0.3) is 10.8 Å². The molecule has 1 unspecified atom stereocenters. The van der Waals surface area contributed by atoms with Crippen molar-refractivity contribution in [3.63, 3.8) is 0 Å². The summed E-state index contributed by atoms with van der Waals surface area (Å²) in [5.74, 6) is 0. The van der Waals surface area contributed by atoms with E-state index in [0.29, 0.717) is 0 Å². The van der Waals surface area contributed by atoms with Crippen LogP contribution in [0.15, 0.2) is 47.6 Å². The predicted molar refractivity (Wildman–Crippen MR) is 57.5 cm³/mol. The lowest BCUT2D eigenvalue weighted by molar-refractivity contribution is 0.740. The number of hydrogen-bond donors (Lipinski definition) is 1. The van der Waals surface area contributed by atoms with E-state index in [9.17, 15) is 0 Å². The zero-order valence-corrected chi connectivity index (χ0v) is 8.07. The molecule has 0 aromatic heterocycles. The third-order valence-electron chi connectivity index (χ3n) is 2.47. The molecule has 0 bridgehead atoms. The number of benzene rings is 2. The second-order valence-electron chi connectivity index (χ2n) is 3.37. The summed E-state index contributed by atoms with van der Waals surface area (Å²) in [4.78, 5) is 0. The van der Waals surface area contributed by atoms with Crippen molar-refractivity contribution in [2.75, 3.05) is 0 Å². The van der Waals surface area contributed by atoms with Gasteiger partial charge in [0.1, 0.15) is 0 Å². The Morgan fingerprint density at radius 3 is 2.57 bits per heavy atom. The number of fused-ring (bicyclic) bond motifs is 1. The first-order valence-corrected chi connectivity index (χ1v) is 4.67. The number of rotatable bonds is 2. The van der Waals surface area contributed by atoms with Crippen LogP contribution in [0.1, 0.15) is 18.5 Å². The largest absolute Gasteiger partial charge is 0.209 e. The highest BCUT2D eigenvalue weighted by Crippen LogP contribution is 2.25. The third kappa shape index (κ3) is 1.39. The standard InChI is InChI=1S/C12H12N2/c1-9(14-13)11-8-4-6-10-5-2-3-7-12(10)11/h2-9,13H,1H3. The fraction of sp³-hybridized carbons (Fsp3) is 0.167. The average molecular weight is 184 g/mol. The second-order valence-corrected chi connectivity index (χ2v) is 3.37. The molecule has 2 aromatic carbocycles. The maximum Gasteiger partial charge on any atom is 0.0933 e. The molecule has 0 aliphatic carbocycles. The average Bonchev–Trinajstić information content (AvgIpc) is 2.27. The van der Waals surface area contributed by atoms with Gasteiger partial charge in [0.05, 0.1) is 6.04 Å². The van der Waals surface area contributed by atoms with Gasteiger partial charge in [-0.05, 0) is 23.3 Å². The molecule has 2 rings (SSSR count). The molecule has 2 aromatic rings. The van der Waals surface area contributed by atoms with Crippen LogP contribution in [-0.2, 0) is 0 Å². The van der Waals surface area contributed by atoms with Gasteiger partial charge in [-0.15, -0.1) is 0 Å². The van der Waals surface area contributed by atoms with Gasteiger partial charge in [-0.25, -0.2) is 5.53 Å². The summed E-state index contributed by atoms with van der Waals surface area (Å²) in [6, 6.07) is 14.3. The Balaban J connectivity index is 2.70. The number of nitrogens with one attached hydrogen (secondary N) is 1. The van der Waals surface area contributed by atoms with Crippen molar-refractivity contribution in [2.24, 2.45) is 5.11 Å². The fourth-order valence-corrected chi connectivity index (χ4v) is 1.68. The molecule has 2 nitrogen and oxygen atoms in total. The number of nitrogens with zero attached hydrogens (tertiary/aromatic N) is 1. The summed E-state index contributed by atoms with van der Waals surface area (Å²) in [7, 11) is 0. The summed E-state index contributed by atoms with van der Waals surface area (Å²) in [6.45, 7) is 1.94. The topological polar surface area (TPSA) is 36.2 Å². The van der Waals surface area contributed by atoms with Crippen molar-refractivity contribution < 1.29 is 0 Å². The van der Waals surface area contributed by atoms with Crippen LogP contribution in [0.3, 0.4) is 0 Å². The van der Waals surface area contributed by atoms with Crippen LogP contribution >= 0.6 is 0 Å². The van der Waals surface area contributed by atoms with Gasteiger partial charge in [-0.2, -0.15) is 5.11 Å². The monoisotopic (exact) mass is 184 g/mol. The van der Waals surface area contributed by atoms with Crippen molar-refractivity contribution in [1.29, 1.82) is 5.53 Å². The van der Waals surface area contributed by atoms with E-state index < -0.39 is 0 Å². The Labute approximate surface area is 83.1 Å². The van der Waals surface area contributed by atoms with Crippen LogP contribution in [-0.4, -0.2) is 0 Å². The van der Waals surface area contributed by atoms with E-state index in [1.807, 2.05) is 31.2 Å². The Bertz CT molecular complexity index is 457. The lowest BCUT2D eigenvalue weighted by Crippen LogP contribution is -1.89. The molecular formula is C12H12N2. The van der Waals surface area contributed by atoms with Crippen LogP contribution in [0.5, 0.6) is 0 Å².